The zero-order chi connectivity index (χ0) is 26.6. The Balaban J connectivity index is 1.58. The highest BCUT2D eigenvalue weighted by atomic mass is 16.6. The molecule has 0 unspecified atom stereocenters. The summed E-state index contributed by atoms with van der Waals surface area (Å²) >= 11 is 0. The van der Waals surface area contributed by atoms with Crippen LogP contribution in [0.15, 0.2) is 104 Å². The van der Waals surface area contributed by atoms with Crippen LogP contribution in [0.2, 0.25) is 0 Å². The number of carbonyl (C=O) groups excluding carboxylic acids is 1. The van der Waals surface area contributed by atoms with Crippen molar-refractivity contribution in [2.45, 2.75) is 63.7 Å². The molecule has 6 nitrogen and oxygen atoms in total. The van der Waals surface area contributed by atoms with Gasteiger partial charge in [-0.05, 0) is 23.1 Å². The van der Waals surface area contributed by atoms with E-state index in [0.29, 0.717) is 32.8 Å². The smallest absolute Gasteiger partial charge is 0.303 e. The van der Waals surface area contributed by atoms with Crippen LogP contribution in [0.5, 0.6) is 0 Å². The molecule has 3 aromatic carbocycles. The van der Waals surface area contributed by atoms with Gasteiger partial charge >= 0.3 is 5.97 Å². The Labute approximate surface area is 225 Å². The molecule has 0 bridgehead atoms. The lowest BCUT2D eigenvalue weighted by Crippen LogP contribution is -2.61. The van der Waals surface area contributed by atoms with Crippen LogP contribution in [-0.4, -0.2) is 43.1 Å². The Morgan fingerprint density at radius 1 is 0.737 bits per heavy atom. The van der Waals surface area contributed by atoms with Crippen molar-refractivity contribution in [3.63, 3.8) is 0 Å². The highest BCUT2D eigenvalue weighted by molar-refractivity contribution is 5.66. The number of ether oxygens (including phenoxy) is 5. The minimum atomic E-state index is -0.666. The maximum absolute atomic E-state index is 12.2. The van der Waals surface area contributed by atoms with Gasteiger partial charge in [-0.2, -0.15) is 0 Å². The van der Waals surface area contributed by atoms with Gasteiger partial charge in [-0.1, -0.05) is 97.1 Å². The lowest BCUT2D eigenvalue weighted by Gasteiger charge is -2.45. The van der Waals surface area contributed by atoms with Gasteiger partial charge in [-0.15, -0.1) is 6.58 Å². The Kier molecular flexibility index (Phi) is 10.7. The second-order valence-electron chi connectivity index (χ2n) is 9.33. The van der Waals surface area contributed by atoms with Crippen LogP contribution in [0.1, 0.15) is 30.0 Å². The summed E-state index contributed by atoms with van der Waals surface area (Å²) in [5, 5.41) is 0. The first kappa shape index (κ1) is 27.7. The molecule has 1 heterocycles. The van der Waals surface area contributed by atoms with Crippen molar-refractivity contribution in [1.29, 1.82) is 0 Å². The summed E-state index contributed by atoms with van der Waals surface area (Å²) in [5.41, 5.74) is 3.11. The van der Waals surface area contributed by atoms with E-state index < -0.39 is 36.5 Å². The van der Waals surface area contributed by atoms with E-state index in [0.717, 1.165) is 16.7 Å². The van der Waals surface area contributed by atoms with E-state index in [2.05, 4.69) is 6.58 Å². The third kappa shape index (κ3) is 8.10. The first-order valence-corrected chi connectivity index (χ1v) is 13.0. The van der Waals surface area contributed by atoms with Crippen molar-refractivity contribution in [3.05, 3.63) is 120 Å². The average molecular weight is 517 g/mol. The molecule has 1 saturated heterocycles. The van der Waals surface area contributed by atoms with Crippen LogP contribution in [0.3, 0.4) is 0 Å². The monoisotopic (exact) mass is 516 g/mol. The van der Waals surface area contributed by atoms with E-state index >= 15 is 0 Å². The number of hydrogen-bond donors (Lipinski definition) is 0. The standard InChI is InChI=1S/C32H36O6/c1-3-13-28-31(37-24(2)33)32(36-22-27-18-11-6-12-19-27)30(35-21-26-16-9-5-10-17-26)29(38-28)23-34-20-25-14-7-4-8-15-25/h3-12,14-19,28-32H,1,13,20-23H2,2H3/t28-,29+,30+,31-,32-/m0/s1. The van der Waals surface area contributed by atoms with Crippen LogP contribution in [0.4, 0.5) is 0 Å². The van der Waals surface area contributed by atoms with Crippen molar-refractivity contribution in [3.8, 4) is 0 Å². The van der Waals surface area contributed by atoms with E-state index in [9.17, 15) is 4.79 Å². The highest BCUT2D eigenvalue weighted by Crippen LogP contribution is 2.32. The molecule has 0 spiro atoms. The topological polar surface area (TPSA) is 63.2 Å². The van der Waals surface area contributed by atoms with E-state index in [1.165, 1.54) is 6.92 Å². The first-order valence-electron chi connectivity index (χ1n) is 13.0. The van der Waals surface area contributed by atoms with Gasteiger partial charge in [0.15, 0.2) is 6.10 Å². The van der Waals surface area contributed by atoms with Crippen LogP contribution in [0, 0.1) is 0 Å². The fourth-order valence-electron chi connectivity index (χ4n) is 4.60. The lowest BCUT2D eigenvalue weighted by molar-refractivity contribution is -0.265. The minimum Gasteiger partial charge on any atom is -0.457 e. The van der Waals surface area contributed by atoms with Crippen molar-refractivity contribution in [2.75, 3.05) is 6.61 Å². The predicted molar refractivity (Wildman–Crippen MR) is 145 cm³/mol. The Hall–Kier alpha value is -3.29. The van der Waals surface area contributed by atoms with E-state index in [1.807, 2.05) is 91.0 Å². The second-order valence-corrected chi connectivity index (χ2v) is 9.33. The number of hydrogen-bond acceptors (Lipinski definition) is 6. The molecule has 0 saturated carbocycles. The van der Waals surface area contributed by atoms with Gasteiger partial charge < -0.3 is 23.7 Å². The van der Waals surface area contributed by atoms with Gasteiger partial charge in [0.1, 0.15) is 24.4 Å². The molecule has 1 aliphatic rings. The molecule has 1 fully saturated rings. The summed E-state index contributed by atoms with van der Waals surface area (Å²) in [7, 11) is 0. The molecule has 200 valence electrons. The molecule has 38 heavy (non-hydrogen) atoms. The molecule has 3 aromatic rings. The Morgan fingerprint density at radius 2 is 1.24 bits per heavy atom. The Morgan fingerprint density at radius 3 is 1.74 bits per heavy atom. The lowest BCUT2D eigenvalue weighted by atomic mass is 9.92. The quantitative estimate of drug-likeness (QED) is 0.216. The third-order valence-electron chi connectivity index (χ3n) is 6.40. The largest absolute Gasteiger partial charge is 0.457 e. The minimum absolute atomic E-state index is 0.292. The molecular weight excluding hydrogens is 480 g/mol. The highest BCUT2D eigenvalue weighted by Gasteiger charge is 2.49. The van der Waals surface area contributed by atoms with Gasteiger partial charge in [0.25, 0.3) is 0 Å². The molecule has 0 N–H and O–H groups in total. The molecule has 5 atom stereocenters. The fourth-order valence-corrected chi connectivity index (χ4v) is 4.60. The van der Waals surface area contributed by atoms with E-state index in [1.54, 1.807) is 6.08 Å². The molecule has 0 radical (unpaired) electrons. The maximum atomic E-state index is 12.2. The SMILES string of the molecule is C=CC[C@@H]1O[C@H](COCc2ccccc2)[C@@H](OCc2ccccc2)[C@H](OCc2ccccc2)[C@H]1OC(C)=O. The second kappa shape index (κ2) is 14.6. The van der Waals surface area contributed by atoms with Gasteiger partial charge in [0, 0.05) is 6.92 Å². The van der Waals surface area contributed by atoms with Gasteiger partial charge in [0.2, 0.25) is 0 Å². The fraction of sp³-hybridized carbons (Fsp3) is 0.344. The van der Waals surface area contributed by atoms with Crippen molar-refractivity contribution in [1.82, 2.24) is 0 Å². The Bertz CT molecular complexity index is 1100. The van der Waals surface area contributed by atoms with Crippen molar-refractivity contribution in [2.24, 2.45) is 0 Å². The number of esters is 1. The van der Waals surface area contributed by atoms with Gasteiger partial charge in [-0.3, -0.25) is 4.79 Å². The normalized spacial score (nSPS) is 23.0. The third-order valence-corrected chi connectivity index (χ3v) is 6.40. The summed E-state index contributed by atoms with van der Waals surface area (Å²) in [6, 6.07) is 29.8. The maximum Gasteiger partial charge on any atom is 0.303 e. The van der Waals surface area contributed by atoms with Crippen molar-refractivity contribution >= 4 is 5.97 Å². The van der Waals surface area contributed by atoms with E-state index in [4.69, 9.17) is 23.7 Å². The van der Waals surface area contributed by atoms with Gasteiger partial charge in [-0.25, -0.2) is 0 Å². The zero-order valence-electron chi connectivity index (χ0n) is 21.8. The molecule has 0 amide bonds. The predicted octanol–water partition coefficient (Wildman–Crippen LogP) is 5.65. The van der Waals surface area contributed by atoms with E-state index in [-0.39, 0.29) is 0 Å². The van der Waals surface area contributed by atoms with Crippen LogP contribution in [-0.2, 0) is 48.3 Å². The molecule has 6 heteroatoms. The molecule has 4 rings (SSSR count). The molecular formula is C32H36O6. The molecule has 0 aromatic heterocycles. The number of rotatable bonds is 13. The van der Waals surface area contributed by atoms with Crippen LogP contribution < -0.4 is 0 Å². The molecule has 1 aliphatic heterocycles. The summed E-state index contributed by atoms with van der Waals surface area (Å²) in [6.45, 7) is 6.71. The summed E-state index contributed by atoms with van der Waals surface area (Å²) in [6.07, 6.45) is -0.419. The summed E-state index contributed by atoms with van der Waals surface area (Å²) < 4.78 is 31.3. The van der Waals surface area contributed by atoms with Crippen LogP contribution >= 0.6 is 0 Å². The summed E-state index contributed by atoms with van der Waals surface area (Å²) in [5.74, 6) is -0.401. The van der Waals surface area contributed by atoms with Crippen molar-refractivity contribution < 1.29 is 28.5 Å². The number of benzene rings is 3. The first-order chi connectivity index (χ1) is 18.6. The molecule has 0 aliphatic carbocycles. The van der Waals surface area contributed by atoms with Gasteiger partial charge in [0.05, 0.1) is 26.4 Å². The number of carbonyl (C=O) groups is 1. The average Bonchev–Trinajstić information content (AvgIpc) is 2.94. The summed E-state index contributed by atoms with van der Waals surface area (Å²) in [4.78, 5) is 12.2. The zero-order valence-corrected chi connectivity index (χ0v) is 21.8. The van der Waals surface area contributed by atoms with Crippen LogP contribution in [0.25, 0.3) is 0 Å².